The first-order valence-electron chi connectivity index (χ1n) is 6.08. The predicted octanol–water partition coefficient (Wildman–Crippen LogP) is 2.62. The van der Waals surface area contributed by atoms with Gasteiger partial charge in [-0.2, -0.15) is 0 Å². The topological polar surface area (TPSA) is 38.9 Å². The number of aryl methyl sites for hydroxylation is 1. The van der Waals surface area contributed by atoms with Gasteiger partial charge in [-0.1, -0.05) is 30.3 Å². The Morgan fingerprint density at radius 3 is 2.82 bits per heavy atom. The Bertz CT molecular complexity index is 521. The minimum absolute atomic E-state index is 0.358. The first-order chi connectivity index (χ1) is 8.31. The Kier molecular flexibility index (Phi) is 2.45. The van der Waals surface area contributed by atoms with Crippen molar-refractivity contribution in [3.8, 4) is 0 Å². The summed E-state index contributed by atoms with van der Waals surface area (Å²) in [5.41, 5.74) is 10.1. The average molecular weight is 224 g/mol. The van der Waals surface area contributed by atoms with E-state index in [1.807, 2.05) is 12.3 Å². The number of fused-ring (bicyclic) bond motifs is 1. The maximum absolute atomic E-state index is 6.65. The van der Waals surface area contributed by atoms with Gasteiger partial charge in [0.05, 0.1) is 5.54 Å². The smallest absolute Gasteiger partial charge is 0.0683 e. The van der Waals surface area contributed by atoms with Crippen LogP contribution < -0.4 is 5.73 Å². The van der Waals surface area contributed by atoms with Crippen molar-refractivity contribution in [1.82, 2.24) is 4.98 Å². The third-order valence-electron chi connectivity index (χ3n) is 3.69. The lowest BCUT2D eigenvalue weighted by Crippen LogP contribution is -2.41. The molecule has 0 bridgehead atoms. The minimum atomic E-state index is -0.358. The highest BCUT2D eigenvalue weighted by Crippen LogP contribution is 2.37. The minimum Gasteiger partial charge on any atom is -0.318 e. The highest BCUT2D eigenvalue weighted by atomic mass is 14.8. The summed E-state index contributed by atoms with van der Waals surface area (Å²) in [5, 5.41) is 0. The highest BCUT2D eigenvalue weighted by Gasteiger charge is 2.34. The lowest BCUT2D eigenvalue weighted by Gasteiger charge is -2.36. The third-order valence-corrected chi connectivity index (χ3v) is 3.69. The summed E-state index contributed by atoms with van der Waals surface area (Å²) in [7, 11) is 0. The van der Waals surface area contributed by atoms with Gasteiger partial charge in [0.1, 0.15) is 0 Å². The molecule has 2 N–H and O–H groups in total. The van der Waals surface area contributed by atoms with E-state index < -0.39 is 0 Å². The first kappa shape index (κ1) is 10.5. The largest absolute Gasteiger partial charge is 0.318 e. The summed E-state index contributed by atoms with van der Waals surface area (Å²) in [5.74, 6) is 0. The second-order valence-corrected chi connectivity index (χ2v) is 4.72. The zero-order valence-corrected chi connectivity index (χ0v) is 9.76. The van der Waals surface area contributed by atoms with E-state index in [1.165, 1.54) is 11.1 Å². The zero-order valence-electron chi connectivity index (χ0n) is 9.76. The molecule has 1 unspecified atom stereocenters. The number of rotatable bonds is 1. The fraction of sp³-hybridized carbons (Fsp3) is 0.267. The lowest BCUT2D eigenvalue weighted by molar-refractivity contribution is 0.441. The van der Waals surface area contributed by atoms with Gasteiger partial charge in [-0.3, -0.25) is 4.98 Å². The molecule has 3 rings (SSSR count). The van der Waals surface area contributed by atoms with E-state index in [2.05, 4.69) is 35.3 Å². The molecule has 0 spiro atoms. The second-order valence-electron chi connectivity index (χ2n) is 4.72. The van der Waals surface area contributed by atoms with Crippen molar-refractivity contribution >= 4 is 0 Å². The van der Waals surface area contributed by atoms with Crippen LogP contribution in [0, 0.1) is 0 Å². The molecule has 0 saturated heterocycles. The molecule has 1 aromatic carbocycles. The van der Waals surface area contributed by atoms with Crippen LogP contribution in [-0.4, -0.2) is 4.98 Å². The van der Waals surface area contributed by atoms with Gasteiger partial charge in [0.15, 0.2) is 0 Å². The number of hydrogen-bond donors (Lipinski definition) is 1. The molecule has 0 fully saturated rings. The molecule has 1 aliphatic carbocycles. The van der Waals surface area contributed by atoms with E-state index >= 15 is 0 Å². The number of pyridine rings is 1. The Hall–Kier alpha value is -1.67. The van der Waals surface area contributed by atoms with Crippen LogP contribution in [0.3, 0.4) is 0 Å². The normalized spacial score (nSPS) is 23.1. The summed E-state index contributed by atoms with van der Waals surface area (Å²) in [6.45, 7) is 0. The van der Waals surface area contributed by atoms with Crippen molar-refractivity contribution in [3.05, 3.63) is 65.5 Å². The quantitative estimate of drug-likeness (QED) is 0.808. The molecular weight excluding hydrogens is 208 g/mol. The molecule has 86 valence electrons. The Balaban J connectivity index is 2.16. The van der Waals surface area contributed by atoms with Crippen LogP contribution in [-0.2, 0) is 12.0 Å². The van der Waals surface area contributed by atoms with Crippen molar-refractivity contribution in [3.63, 3.8) is 0 Å². The molecule has 1 atom stereocenters. The number of hydrogen-bond acceptors (Lipinski definition) is 2. The molecule has 2 nitrogen and oxygen atoms in total. The van der Waals surface area contributed by atoms with Gasteiger partial charge >= 0.3 is 0 Å². The van der Waals surface area contributed by atoms with E-state index in [1.54, 1.807) is 6.20 Å². The highest BCUT2D eigenvalue weighted by molar-refractivity contribution is 5.43. The zero-order chi connectivity index (χ0) is 11.7. The van der Waals surface area contributed by atoms with E-state index in [4.69, 9.17) is 5.73 Å². The Morgan fingerprint density at radius 2 is 2.00 bits per heavy atom. The van der Waals surface area contributed by atoms with Crippen molar-refractivity contribution in [1.29, 1.82) is 0 Å². The van der Waals surface area contributed by atoms with Crippen LogP contribution in [0.2, 0.25) is 0 Å². The van der Waals surface area contributed by atoms with E-state index in [0.717, 1.165) is 24.8 Å². The molecule has 0 saturated carbocycles. The van der Waals surface area contributed by atoms with Gasteiger partial charge in [-0.25, -0.2) is 0 Å². The van der Waals surface area contributed by atoms with Gasteiger partial charge in [0.2, 0.25) is 0 Å². The van der Waals surface area contributed by atoms with Gasteiger partial charge in [-0.15, -0.1) is 0 Å². The summed E-state index contributed by atoms with van der Waals surface area (Å²) in [4.78, 5) is 4.20. The summed E-state index contributed by atoms with van der Waals surface area (Å²) in [6.07, 6.45) is 6.96. The summed E-state index contributed by atoms with van der Waals surface area (Å²) >= 11 is 0. The molecule has 2 aromatic rings. The van der Waals surface area contributed by atoms with Crippen LogP contribution >= 0.6 is 0 Å². The van der Waals surface area contributed by atoms with Gasteiger partial charge < -0.3 is 5.73 Å². The standard InChI is InChI=1S/C15H16N2/c16-15(13-7-4-10-17-11-13)9-3-6-12-5-1-2-8-14(12)15/h1-2,4-5,7-8,10-11H,3,6,9,16H2. The molecular formula is C15H16N2. The van der Waals surface area contributed by atoms with Gasteiger partial charge in [-0.05, 0) is 42.0 Å². The predicted molar refractivity (Wildman–Crippen MR) is 68.6 cm³/mol. The second kappa shape index (κ2) is 3.97. The number of benzene rings is 1. The van der Waals surface area contributed by atoms with E-state index in [-0.39, 0.29) is 5.54 Å². The summed E-state index contributed by atoms with van der Waals surface area (Å²) in [6, 6.07) is 12.5. The fourth-order valence-electron chi connectivity index (χ4n) is 2.79. The number of aromatic nitrogens is 1. The Labute approximate surface area is 102 Å². The Morgan fingerprint density at radius 1 is 1.12 bits per heavy atom. The van der Waals surface area contributed by atoms with Gasteiger partial charge in [0, 0.05) is 12.4 Å². The molecule has 1 aliphatic rings. The monoisotopic (exact) mass is 224 g/mol. The van der Waals surface area contributed by atoms with Crippen LogP contribution in [0.5, 0.6) is 0 Å². The van der Waals surface area contributed by atoms with Crippen LogP contribution in [0.1, 0.15) is 29.5 Å². The van der Waals surface area contributed by atoms with Crippen LogP contribution in [0.15, 0.2) is 48.8 Å². The fourth-order valence-corrected chi connectivity index (χ4v) is 2.79. The molecule has 0 amide bonds. The van der Waals surface area contributed by atoms with Crippen LogP contribution in [0.4, 0.5) is 0 Å². The molecule has 1 heterocycles. The molecule has 1 aromatic heterocycles. The van der Waals surface area contributed by atoms with E-state index in [9.17, 15) is 0 Å². The lowest BCUT2D eigenvalue weighted by atomic mass is 9.73. The average Bonchev–Trinajstić information content (AvgIpc) is 2.40. The summed E-state index contributed by atoms with van der Waals surface area (Å²) < 4.78 is 0. The molecule has 0 aliphatic heterocycles. The van der Waals surface area contributed by atoms with Crippen LogP contribution in [0.25, 0.3) is 0 Å². The third kappa shape index (κ3) is 1.65. The molecule has 17 heavy (non-hydrogen) atoms. The molecule has 2 heteroatoms. The SMILES string of the molecule is NC1(c2cccnc2)CCCc2ccccc21. The number of nitrogens with zero attached hydrogens (tertiary/aromatic N) is 1. The molecule has 0 radical (unpaired) electrons. The maximum atomic E-state index is 6.65. The van der Waals surface area contributed by atoms with Crippen molar-refractivity contribution < 1.29 is 0 Å². The number of nitrogens with two attached hydrogens (primary N) is 1. The first-order valence-corrected chi connectivity index (χ1v) is 6.08. The van der Waals surface area contributed by atoms with Crippen molar-refractivity contribution in [2.45, 2.75) is 24.8 Å². The maximum Gasteiger partial charge on any atom is 0.0683 e. The van der Waals surface area contributed by atoms with Crippen molar-refractivity contribution in [2.24, 2.45) is 5.73 Å². The van der Waals surface area contributed by atoms with Crippen molar-refractivity contribution in [2.75, 3.05) is 0 Å². The van der Waals surface area contributed by atoms with Gasteiger partial charge in [0.25, 0.3) is 0 Å². The van der Waals surface area contributed by atoms with E-state index in [0.29, 0.717) is 0 Å².